The summed E-state index contributed by atoms with van der Waals surface area (Å²) >= 11 is 0. The van der Waals surface area contributed by atoms with Crippen molar-refractivity contribution < 1.29 is 4.74 Å². The number of methoxy groups -OCH3 is 1. The highest BCUT2D eigenvalue weighted by Gasteiger charge is 2.26. The van der Waals surface area contributed by atoms with Gasteiger partial charge in [0.2, 0.25) is 0 Å². The molecule has 0 saturated heterocycles. The van der Waals surface area contributed by atoms with Gasteiger partial charge in [0, 0.05) is 35.6 Å². The lowest BCUT2D eigenvalue weighted by molar-refractivity contribution is 0.409. The number of nitrogen functional groups attached to an aromatic ring is 1. The molecule has 0 amide bonds. The van der Waals surface area contributed by atoms with Crippen LogP contribution >= 0.6 is 0 Å². The lowest BCUT2D eigenvalue weighted by Crippen LogP contribution is -2.28. The summed E-state index contributed by atoms with van der Waals surface area (Å²) in [6.45, 7) is 3.12. The van der Waals surface area contributed by atoms with Crippen molar-refractivity contribution in [2.75, 3.05) is 17.7 Å². The lowest BCUT2D eigenvalue weighted by Gasteiger charge is -2.26. The van der Waals surface area contributed by atoms with Crippen molar-refractivity contribution in [3.05, 3.63) is 53.6 Å². The fourth-order valence-corrected chi connectivity index (χ4v) is 2.95. The Morgan fingerprint density at radius 2 is 2.05 bits per heavy atom. The quantitative estimate of drug-likeness (QED) is 0.869. The summed E-state index contributed by atoms with van der Waals surface area (Å²) in [6, 6.07) is 15.0. The van der Waals surface area contributed by atoms with Gasteiger partial charge in [-0.2, -0.15) is 0 Å². The van der Waals surface area contributed by atoms with Gasteiger partial charge in [-0.25, -0.2) is 0 Å². The van der Waals surface area contributed by atoms with E-state index in [9.17, 15) is 0 Å². The number of hydrogen-bond donors (Lipinski definition) is 1. The van der Waals surface area contributed by atoms with Crippen LogP contribution in [0.4, 0.5) is 11.4 Å². The van der Waals surface area contributed by atoms with E-state index in [1.807, 2.05) is 12.1 Å². The Morgan fingerprint density at radius 1 is 1.25 bits per heavy atom. The average Bonchev–Trinajstić information content (AvgIpc) is 2.77. The highest BCUT2D eigenvalue weighted by atomic mass is 16.5. The molecule has 0 aliphatic carbocycles. The Balaban J connectivity index is 1.92. The molecule has 1 atom stereocenters. The van der Waals surface area contributed by atoms with E-state index in [1.165, 1.54) is 16.8 Å². The normalized spacial score (nSPS) is 17.1. The molecule has 1 aliphatic rings. The van der Waals surface area contributed by atoms with Crippen LogP contribution in [0.3, 0.4) is 0 Å². The van der Waals surface area contributed by atoms with Gasteiger partial charge in [0.25, 0.3) is 0 Å². The molecular weight excluding hydrogens is 248 g/mol. The monoisotopic (exact) mass is 268 g/mol. The van der Waals surface area contributed by atoms with Crippen molar-refractivity contribution in [2.45, 2.75) is 25.9 Å². The minimum atomic E-state index is 0.509. The summed E-state index contributed by atoms with van der Waals surface area (Å²) < 4.78 is 5.45. The Labute approximate surface area is 120 Å². The number of anilines is 2. The van der Waals surface area contributed by atoms with E-state index in [-0.39, 0.29) is 0 Å². The van der Waals surface area contributed by atoms with E-state index in [1.54, 1.807) is 7.11 Å². The third-order valence-corrected chi connectivity index (χ3v) is 4.00. The van der Waals surface area contributed by atoms with Crippen LogP contribution in [0.2, 0.25) is 0 Å². The molecule has 0 fully saturated rings. The minimum Gasteiger partial charge on any atom is -0.496 e. The van der Waals surface area contributed by atoms with Crippen molar-refractivity contribution in [1.82, 2.24) is 0 Å². The molecule has 0 saturated carbocycles. The smallest absolute Gasteiger partial charge is 0.125 e. The summed E-state index contributed by atoms with van der Waals surface area (Å²) in [5, 5.41) is 0. The van der Waals surface area contributed by atoms with E-state index in [4.69, 9.17) is 10.5 Å². The van der Waals surface area contributed by atoms with Crippen LogP contribution in [0.15, 0.2) is 42.5 Å². The van der Waals surface area contributed by atoms with Gasteiger partial charge in [0.1, 0.15) is 5.75 Å². The number of hydrogen-bond acceptors (Lipinski definition) is 3. The Morgan fingerprint density at radius 3 is 2.85 bits per heavy atom. The number of nitrogens with two attached hydrogens (primary N) is 1. The molecular formula is C17H20N2O. The number of benzene rings is 2. The van der Waals surface area contributed by atoms with Crippen molar-refractivity contribution in [3.8, 4) is 5.75 Å². The second kappa shape index (κ2) is 5.08. The summed E-state index contributed by atoms with van der Waals surface area (Å²) in [7, 11) is 1.69. The third-order valence-electron chi connectivity index (χ3n) is 4.00. The first-order chi connectivity index (χ1) is 9.69. The second-order valence-corrected chi connectivity index (χ2v) is 5.38. The van der Waals surface area contributed by atoms with E-state index < -0.39 is 0 Å². The molecule has 1 heterocycles. The highest BCUT2D eigenvalue weighted by Crippen LogP contribution is 2.34. The van der Waals surface area contributed by atoms with Crippen molar-refractivity contribution in [3.63, 3.8) is 0 Å². The fourth-order valence-electron chi connectivity index (χ4n) is 2.95. The maximum absolute atomic E-state index is 5.82. The van der Waals surface area contributed by atoms with Crippen molar-refractivity contribution in [1.29, 1.82) is 0 Å². The molecule has 20 heavy (non-hydrogen) atoms. The molecule has 2 aromatic rings. The standard InChI is InChI=1S/C17H20N2O/c1-12-9-13-5-3-4-6-16(13)19(12)11-14-7-8-15(18)10-17(14)20-2/h3-8,10,12H,9,11,18H2,1-2H3. The Bertz CT molecular complexity index is 624. The molecule has 1 aliphatic heterocycles. The third kappa shape index (κ3) is 2.20. The first-order valence-corrected chi connectivity index (χ1v) is 6.96. The molecule has 3 nitrogen and oxygen atoms in total. The van der Waals surface area contributed by atoms with Gasteiger partial charge >= 0.3 is 0 Å². The minimum absolute atomic E-state index is 0.509. The second-order valence-electron chi connectivity index (χ2n) is 5.38. The Hall–Kier alpha value is -2.16. The van der Waals surface area contributed by atoms with Gasteiger partial charge in [-0.1, -0.05) is 24.3 Å². The van der Waals surface area contributed by atoms with Crippen LogP contribution < -0.4 is 15.4 Å². The predicted molar refractivity (Wildman–Crippen MR) is 83.2 cm³/mol. The number of nitrogens with zero attached hydrogens (tertiary/aromatic N) is 1. The maximum atomic E-state index is 5.82. The molecule has 0 spiro atoms. The zero-order valence-electron chi connectivity index (χ0n) is 12.0. The SMILES string of the molecule is COc1cc(N)ccc1CN1c2ccccc2CC1C. The summed E-state index contributed by atoms with van der Waals surface area (Å²) in [4.78, 5) is 2.43. The molecule has 104 valence electrons. The summed E-state index contributed by atoms with van der Waals surface area (Å²) in [5.74, 6) is 0.863. The summed E-state index contributed by atoms with van der Waals surface area (Å²) in [5.41, 5.74) is 10.5. The number of ether oxygens (including phenoxy) is 1. The lowest BCUT2D eigenvalue weighted by atomic mass is 10.1. The van der Waals surface area contributed by atoms with Crippen molar-refractivity contribution in [2.24, 2.45) is 0 Å². The van der Waals surface area contributed by atoms with E-state index in [0.29, 0.717) is 6.04 Å². The topological polar surface area (TPSA) is 38.5 Å². The van der Waals surface area contributed by atoms with Crippen LogP contribution in [0, 0.1) is 0 Å². The Kier molecular flexibility index (Phi) is 3.26. The largest absolute Gasteiger partial charge is 0.496 e. The fraction of sp³-hybridized carbons (Fsp3) is 0.294. The first kappa shape index (κ1) is 12.9. The zero-order chi connectivity index (χ0) is 14.1. The van der Waals surface area contributed by atoms with Crippen LogP contribution in [0.5, 0.6) is 5.75 Å². The molecule has 2 aromatic carbocycles. The van der Waals surface area contributed by atoms with Crippen LogP contribution in [0.25, 0.3) is 0 Å². The first-order valence-electron chi connectivity index (χ1n) is 6.96. The van der Waals surface area contributed by atoms with E-state index in [2.05, 4.69) is 42.2 Å². The molecule has 3 heteroatoms. The molecule has 3 rings (SSSR count). The molecule has 0 bridgehead atoms. The van der Waals surface area contributed by atoms with Gasteiger partial charge in [-0.3, -0.25) is 0 Å². The number of para-hydroxylation sites is 1. The van der Waals surface area contributed by atoms with Gasteiger partial charge in [0.15, 0.2) is 0 Å². The van der Waals surface area contributed by atoms with Crippen LogP contribution in [-0.4, -0.2) is 13.2 Å². The van der Waals surface area contributed by atoms with Gasteiger partial charge in [-0.15, -0.1) is 0 Å². The van der Waals surface area contributed by atoms with Crippen LogP contribution in [0.1, 0.15) is 18.1 Å². The van der Waals surface area contributed by atoms with E-state index in [0.717, 1.165) is 24.4 Å². The molecule has 1 unspecified atom stereocenters. The van der Waals surface area contributed by atoms with E-state index >= 15 is 0 Å². The highest BCUT2D eigenvalue weighted by molar-refractivity contribution is 5.60. The van der Waals surface area contributed by atoms with Crippen LogP contribution in [-0.2, 0) is 13.0 Å². The predicted octanol–water partition coefficient (Wildman–Crippen LogP) is 3.23. The zero-order valence-corrected chi connectivity index (χ0v) is 12.0. The number of fused-ring (bicyclic) bond motifs is 1. The molecule has 0 radical (unpaired) electrons. The molecule has 2 N–H and O–H groups in total. The maximum Gasteiger partial charge on any atom is 0.125 e. The number of rotatable bonds is 3. The van der Waals surface area contributed by atoms with Crippen molar-refractivity contribution >= 4 is 11.4 Å². The average molecular weight is 268 g/mol. The van der Waals surface area contributed by atoms with Gasteiger partial charge < -0.3 is 15.4 Å². The van der Waals surface area contributed by atoms with Gasteiger partial charge in [-0.05, 0) is 31.0 Å². The molecule has 0 aromatic heterocycles. The van der Waals surface area contributed by atoms with Gasteiger partial charge in [0.05, 0.1) is 7.11 Å². The summed E-state index contributed by atoms with van der Waals surface area (Å²) in [6.07, 6.45) is 1.10.